The lowest BCUT2D eigenvalue weighted by atomic mass is 10.1. The van der Waals surface area contributed by atoms with Crippen molar-refractivity contribution >= 4 is 21.6 Å². The summed E-state index contributed by atoms with van der Waals surface area (Å²) in [7, 11) is -3.63. The summed E-state index contributed by atoms with van der Waals surface area (Å²) in [6.45, 7) is 1.68. The van der Waals surface area contributed by atoms with E-state index in [1.807, 2.05) is 0 Å². The summed E-state index contributed by atoms with van der Waals surface area (Å²) in [5, 5.41) is 0.463. The first kappa shape index (κ1) is 15.0. The van der Waals surface area contributed by atoms with Crippen LogP contribution < -0.4 is 4.72 Å². The molecule has 1 N–H and O–H groups in total. The number of aryl methyl sites for hydroxylation is 1. The number of sulfonamides is 1. The number of hydrogen-bond donors (Lipinski definition) is 1. The zero-order valence-corrected chi connectivity index (χ0v) is 12.3. The van der Waals surface area contributed by atoms with Gasteiger partial charge in [-0.25, -0.2) is 17.5 Å². The molecule has 0 unspecified atom stereocenters. The van der Waals surface area contributed by atoms with Crippen LogP contribution in [0.4, 0.5) is 4.39 Å². The van der Waals surface area contributed by atoms with Crippen molar-refractivity contribution < 1.29 is 12.8 Å². The van der Waals surface area contributed by atoms with Crippen LogP contribution in [0.3, 0.4) is 0 Å². The molecular formula is C14H13ClFNO2S. The summed E-state index contributed by atoms with van der Waals surface area (Å²) in [6, 6.07) is 10.5. The lowest BCUT2D eigenvalue weighted by Gasteiger charge is -2.07. The van der Waals surface area contributed by atoms with Gasteiger partial charge in [0, 0.05) is 11.6 Å². The van der Waals surface area contributed by atoms with Gasteiger partial charge in [0.15, 0.2) is 0 Å². The van der Waals surface area contributed by atoms with Gasteiger partial charge in [-0.1, -0.05) is 23.7 Å². The molecule has 0 atom stereocenters. The summed E-state index contributed by atoms with van der Waals surface area (Å²) in [6.07, 6.45) is 0. The Morgan fingerprint density at radius 2 is 1.80 bits per heavy atom. The Labute approximate surface area is 122 Å². The highest BCUT2D eigenvalue weighted by molar-refractivity contribution is 7.89. The maximum atomic E-state index is 13.4. The molecular weight excluding hydrogens is 301 g/mol. The van der Waals surface area contributed by atoms with Crippen LogP contribution in [-0.2, 0) is 16.6 Å². The number of hydrogen-bond acceptors (Lipinski definition) is 2. The standard InChI is InChI=1S/C14H13ClFNO2S/c1-10-2-3-11(8-14(10)16)9-17-20(18,19)13-6-4-12(15)5-7-13/h2-8,17H,9H2,1H3. The molecule has 0 saturated carbocycles. The van der Waals surface area contributed by atoms with Crippen LogP contribution in [-0.4, -0.2) is 8.42 Å². The zero-order chi connectivity index (χ0) is 14.8. The lowest BCUT2D eigenvalue weighted by molar-refractivity contribution is 0.580. The van der Waals surface area contributed by atoms with E-state index >= 15 is 0 Å². The predicted octanol–water partition coefficient (Wildman–Crippen LogP) is 3.27. The van der Waals surface area contributed by atoms with Crippen LogP contribution in [0.2, 0.25) is 5.02 Å². The summed E-state index contributed by atoms with van der Waals surface area (Å²) in [4.78, 5) is 0.120. The first-order valence-electron chi connectivity index (χ1n) is 5.89. The first-order valence-corrected chi connectivity index (χ1v) is 7.75. The zero-order valence-electron chi connectivity index (χ0n) is 10.7. The van der Waals surface area contributed by atoms with Crippen LogP contribution in [0.15, 0.2) is 47.4 Å². The minimum atomic E-state index is -3.63. The first-order chi connectivity index (χ1) is 9.38. The van der Waals surface area contributed by atoms with Crippen LogP contribution >= 0.6 is 11.6 Å². The van der Waals surface area contributed by atoms with Crippen LogP contribution in [0.5, 0.6) is 0 Å². The van der Waals surface area contributed by atoms with Crippen LogP contribution in [0, 0.1) is 12.7 Å². The van der Waals surface area contributed by atoms with Crippen molar-refractivity contribution in [3.8, 4) is 0 Å². The molecule has 6 heteroatoms. The molecule has 0 heterocycles. The van der Waals surface area contributed by atoms with E-state index in [9.17, 15) is 12.8 Å². The maximum absolute atomic E-state index is 13.4. The molecule has 0 aliphatic carbocycles. The van der Waals surface area contributed by atoms with E-state index in [0.717, 1.165) is 0 Å². The van der Waals surface area contributed by atoms with Crippen molar-refractivity contribution in [3.05, 3.63) is 64.4 Å². The van der Waals surface area contributed by atoms with Crippen molar-refractivity contribution in [2.24, 2.45) is 0 Å². The molecule has 0 radical (unpaired) electrons. The fraction of sp³-hybridized carbons (Fsp3) is 0.143. The fourth-order valence-electron chi connectivity index (χ4n) is 1.62. The quantitative estimate of drug-likeness (QED) is 0.941. The van der Waals surface area contributed by atoms with E-state index in [0.29, 0.717) is 16.1 Å². The molecule has 0 aliphatic rings. The molecule has 0 amide bonds. The highest BCUT2D eigenvalue weighted by Crippen LogP contribution is 2.15. The third-order valence-electron chi connectivity index (χ3n) is 2.83. The SMILES string of the molecule is Cc1ccc(CNS(=O)(=O)c2ccc(Cl)cc2)cc1F. The molecule has 2 aromatic rings. The monoisotopic (exact) mass is 313 g/mol. The van der Waals surface area contributed by atoms with Gasteiger partial charge in [0.25, 0.3) is 0 Å². The van der Waals surface area contributed by atoms with E-state index in [1.54, 1.807) is 19.1 Å². The maximum Gasteiger partial charge on any atom is 0.240 e. The molecule has 0 aliphatic heterocycles. The predicted molar refractivity (Wildman–Crippen MR) is 76.6 cm³/mol. The smallest absolute Gasteiger partial charge is 0.207 e. The number of halogens is 2. The second kappa shape index (κ2) is 5.91. The summed E-state index contributed by atoms with van der Waals surface area (Å²) >= 11 is 5.71. The molecule has 0 aromatic heterocycles. The van der Waals surface area contributed by atoms with Crippen molar-refractivity contribution in [2.75, 3.05) is 0 Å². The Balaban J connectivity index is 2.13. The minimum absolute atomic E-state index is 0.0299. The van der Waals surface area contributed by atoms with Gasteiger partial charge < -0.3 is 0 Å². The molecule has 2 aromatic carbocycles. The Morgan fingerprint density at radius 1 is 1.15 bits per heavy atom. The topological polar surface area (TPSA) is 46.2 Å². The Morgan fingerprint density at radius 3 is 2.40 bits per heavy atom. The molecule has 0 spiro atoms. The van der Waals surface area contributed by atoms with E-state index in [1.165, 1.54) is 30.3 Å². The van der Waals surface area contributed by atoms with Crippen LogP contribution in [0.25, 0.3) is 0 Å². The molecule has 2 rings (SSSR count). The van der Waals surface area contributed by atoms with Crippen molar-refractivity contribution in [3.63, 3.8) is 0 Å². The Hall–Kier alpha value is -1.43. The summed E-state index contributed by atoms with van der Waals surface area (Å²) in [5.74, 6) is -0.354. The molecule has 3 nitrogen and oxygen atoms in total. The highest BCUT2D eigenvalue weighted by atomic mass is 35.5. The van der Waals surface area contributed by atoms with Gasteiger partial charge in [0.05, 0.1) is 4.90 Å². The van der Waals surface area contributed by atoms with Gasteiger partial charge in [-0.3, -0.25) is 0 Å². The minimum Gasteiger partial charge on any atom is -0.207 e. The van der Waals surface area contributed by atoms with Gasteiger partial charge >= 0.3 is 0 Å². The second-order valence-corrected chi connectivity index (χ2v) is 6.57. The lowest BCUT2D eigenvalue weighted by Crippen LogP contribution is -2.23. The number of nitrogens with one attached hydrogen (secondary N) is 1. The highest BCUT2D eigenvalue weighted by Gasteiger charge is 2.13. The van der Waals surface area contributed by atoms with E-state index in [4.69, 9.17) is 11.6 Å². The van der Waals surface area contributed by atoms with Crippen molar-refractivity contribution in [1.29, 1.82) is 0 Å². The van der Waals surface area contributed by atoms with E-state index in [2.05, 4.69) is 4.72 Å². The van der Waals surface area contributed by atoms with Gasteiger partial charge in [-0.2, -0.15) is 0 Å². The van der Waals surface area contributed by atoms with Crippen molar-refractivity contribution in [2.45, 2.75) is 18.4 Å². The molecule has 0 saturated heterocycles. The Bertz CT molecular complexity index is 714. The van der Waals surface area contributed by atoms with Gasteiger partial charge in [-0.05, 0) is 48.4 Å². The fourth-order valence-corrected chi connectivity index (χ4v) is 2.77. The van der Waals surface area contributed by atoms with Gasteiger partial charge in [0.1, 0.15) is 5.82 Å². The molecule has 0 fully saturated rings. The molecule has 106 valence electrons. The third-order valence-corrected chi connectivity index (χ3v) is 4.50. The third kappa shape index (κ3) is 3.56. The molecule has 0 bridgehead atoms. The summed E-state index contributed by atoms with van der Waals surface area (Å²) in [5.41, 5.74) is 1.08. The average molecular weight is 314 g/mol. The molecule has 20 heavy (non-hydrogen) atoms. The van der Waals surface area contributed by atoms with Crippen LogP contribution in [0.1, 0.15) is 11.1 Å². The summed E-state index contributed by atoms with van der Waals surface area (Å²) < 4.78 is 39.8. The Kier molecular flexibility index (Phi) is 4.42. The van der Waals surface area contributed by atoms with E-state index in [-0.39, 0.29) is 17.3 Å². The second-order valence-electron chi connectivity index (χ2n) is 4.36. The van der Waals surface area contributed by atoms with Gasteiger partial charge in [-0.15, -0.1) is 0 Å². The average Bonchev–Trinajstić information content (AvgIpc) is 2.41. The largest absolute Gasteiger partial charge is 0.240 e. The normalized spacial score (nSPS) is 11.6. The number of benzene rings is 2. The van der Waals surface area contributed by atoms with E-state index < -0.39 is 10.0 Å². The van der Waals surface area contributed by atoms with Crippen molar-refractivity contribution in [1.82, 2.24) is 4.72 Å². The van der Waals surface area contributed by atoms with Gasteiger partial charge in [0.2, 0.25) is 10.0 Å². The number of rotatable bonds is 4.